The van der Waals surface area contributed by atoms with Crippen molar-refractivity contribution in [1.82, 2.24) is 19.7 Å². The molecule has 0 saturated heterocycles. The van der Waals surface area contributed by atoms with Gasteiger partial charge in [-0.15, -0.1) is 0 Å². The van der Waals surface area contributed by atoms with E-state index in [0.29, 0.717) is 26.3 Å². The number of hydrogen-bond acceptors (Lipinski definition) is 8. The Labute approximate surface area is 170 Å². The number of nitrogens with zero attached hydrogens (tertiary/aromatic N) is 4. The van der Waals surface area contributed by atoms with Crippen LogP contribution in [-0.2, 0) is 14.3 Å². The molecule has 0 N–H and O–H groups in total. The van der Waals surface area contributed by atoms with E-state index >= 15 is 0 Å². The van der Waals surface area contributed by atoms with E-state index in [4.69, 9.17) is 9.47 Å². The van der Waals surface area contributed by atoms with Crippen LogP contribution in [0.4, 0.5) is 0 Å². The summed E-state index contributed by atoms with van der Waals surface area (Å²) in [5, 5.41) is 0. The molecule has 158 valence electrons. The second kappa shape index (κ2) is 10.2. The zero-order chi connectivity index (χ0) is 21.6. The molecule has 2 rings (SSSR count). The van der Waals surface area contributed by atoms with Crippen molar-refractivity contribution in [3.8, 4) is 0 Å². The number of hydrogen-bond donors (Lipinski definition) is 0. The number of ketones is 2. The van der Waals surface area contributed by atoms with Gasteiger partial charge in [-0.05, 0) is 12.1 Å². The number of likely N-dealkylation sites (N-methyl/N-ethyl adjacent to an activating group) is 2. The first-order chi connectivity index (χ1) is 13.8. The maximum absolute atomic E-state index is 13.1. The summed E-state index contributed by atoms with van der Waals surface area (Å²) in [5.74, 6) is -1.08. The maximum atomic E-state index is 13.1. The van der Waals surface area contributed by atoms with Gasteiger partial charge in [0.25, 0.3) is 0 Å². The largest absolute Gasteiger partial charge is 0.383 e. The molecule has 0 saturated carbocycles. The molecule has 1 aromatic rings. The predicted octanol–water partition coefficient (Wildman–Crippen LogP) is 0.287. The van der Waals surface area contributed by atoms with Crippen molar-refractivity contribution in [3.05, 3.63) is 41.0 Å². The standard InChI is InChI=1S/C20H28N4O5/c1-22(2)17-18(19(26)14-7-6-8-21-16(14)20(17)27)23(3)15(25)13-24(9-11-28-4)10-12-29-5/h6-8H,9-13H2,1-5H3. The lowest BCUT2D eigenvalue weighted by Gasteiger charge is -2.31. The van der Waals surface area contributed by atoms with Gasteiger partial charge in [-0.1, -0.05) is 0 Å². The van der Waals surface area contributed by atoms with Gasteiger partial charge in [-0.2, -0.15) is 0 Å². The molecule has 1 aromatic heterocycles. The van der Waals surface area contributed by atoms with Crippen LogP contribution in [0.2, 0.25) is 0 Å². The van der Waals surface area contributed by atoms with E-state index in [2.05, 4.69) is 4.98 Å². The predicted molar refractivity (Wildman–Crippen MR) is 107 cm³/mol. The van der Waals surface area contributed by atoms with Crippen molar-refractivity contribution in [1.29, 1.82) is 0 Å². The number of carbonyl (C=O) groups excluding carboxylic acids is 3. The lowest BCUT2D eigenvalue weighted by atomic mass is 9.93. The zero-order valence-electron chi connectivity index (χ0n) is 17.6. The zero-order valence-corrected chi connectivity index (χ0v) is 17.6. The number of methoxy groups -OCH3 is 2. The van der Waals surface area contributed by atoms with Gasteiger partial charge in [0.15, 0.2) is 0 Å². The Bertz CT molecular complexity index is 798. The van der Waals surface area contributed by atoms with Gasteiger partial charge in [0.05, 0.1) is 25.3 Å². The van der Waals surface area contributed by atoms with Crippen molar-refractivity contribution < 1.29 is 23.9 Å². The highest BCUT2D eigenvalue weighted by atomic mass is 16.5. The lowest BCUT2D eigenvalue weighted by Crippen LogP contribution is -2.44. The van der Waals surface area contributed by atoms with Gasteiger partial charge < -0.3 is 19.3 Å². The van der Waals surface area contributed by atoms with Crippen LogP contribution in [0.1, 0.15) is 20.8 Å². The highest BCUT2D eigenvalue weighted by Crippen LogP contribution is 2.27. The Morgan fingerprint density at radius 3 is 2.17 bits per heavy atom. The van der Waals surface area contributed by atoms with Crippen molar-refractivity contribution in [2.45, 2.75) is 0 Å². The summed E-state index contributed by atoms with van der Waals surface area (Å²) >= 11 is 0. The molecule has 0 fully saturated rings. The van der Waals surface area contributed by atoms with E-state index in [0.717, 1.165) is 0 Å². The summed E-state index contributed by atoms with van der Waals surface area (Å²) in [7, 11) is 8.02. The van der Waals surface area contributed by atoms with E-state index in [-0.39, 0.29) is 40.9 Å². The number of Topliss-reactive ketones (excluding diaryl/α,β-unsaturated/α-hetero) is 2. The molecule has 0 unspecified atom stereocenters. The number of rotatable bonds is 10. The minimum absolute atomic E-state index is 0.0592. The van der Waals surface area contributed by atoms with E-state index in [1.807, 2.05) is 4.90 Å². The average molecular weight is 404 g/mol. The molecule has 1 aliphatic rings. The molecule has 9 heteroatoms. The molecule has 1 heterocycles. The van der Waals surface area contributed by atoms with Crippen LogP contribution < -0.4 is 0 Å². The smallest absolute Gasteiger partial charge is 0.241 e. The summed E-state index contributed by atoms with van der Waals surface area (Å²) < 4.78 is 10.2. The van der Waals surface area contributed by atoms with E-state index in [9.17, 15) is 14.4 Å². The fraction of sp³-hybridized carbons (Fsp3) is 0.500. The topological polar surface area (TPSA) is 92.3 Å². The normalized spacial score (nSPS) is 13.7. The molecule has 0 aliphatic heterocycles. The van der Waals surface area contributed by atoms with Crippen molar-refractivity contribution in [2.24, 2.45) is 0 Å². The SMILES string of the molecule is COCCN(CCOC)CC(=O)N(C)C1=C(N(C)C)C(=O)c2ncccc2C1=O. The number of amides is 1. The minimum Gasteiger partial charge on any atom is -0.383 e. The van der Waals surface area contributed by atoms with Crippen LogP contribution >= 0.6 is 0 Å². The van der Waals surface area contributed by atoms with E-state index in [1.54, 1.807) is 45.3 Å². The molecule has 0 bridgehead atoms. The number of fused-ring (bicyclic) bond motifs is 1. The van der Waals surface area contributed by atoms with Crippen molar-refractivity contribution in [2.75, 3.05) is 68.2 Å². The monoisotopic (exact) mass is 404 g/mol. The molecular weight excluding hydrogens is 376 g/mol. The highest BCUT2D eigenvalue weighted by molar-refractivity contribution is 6.26. The van der Waals surface area contributed by atoms with Gasteiger partial charge in [-0.25, -0.2) is 0 Å². The molecule has 0 spiro atoms. The Kier molecular flexibility index (Phi) is 8.00. The first-order valence-corrected chi connectivity index (χ1v) is 9.26. The molecule has 9 nitrogen and oxygen atoms in total. The fourth-order valence-corrected chi connectivity index (χ4v) is 3.08. The molecule has 0 atom stereocenters. The van der Waals surface area contributed by atoms with Crippen LogP contribution in [0.5, 0.6) is 0 Å². The Balaban J connectivity index is 2.33. The summed E-state index contributed by atoms with van der Waals surface area (Å²) in [4.78, 5) is 47.8. The molecular formula is C20H28N4O5. The van der Waals surface area contributed by atoms with Crippen molar-refractivity contribution >= 4 is 17.5 Å². The number of aromatic nitrogens is 1. The number of allylic oxidation sites excluding steroid dienone is 2. The van der Waals surface area contributed by atoms with Gasteiger partial charge in [0, 0.05) is 54.6 Å². The molecule has 0 radical (unpaired) electrons. The second-order valence-electron chi connectivity index (χ2n) is 6.86. The van der Waals surface area contributed by atoms with Crippen LogP contribution in [-0.4, -0.2) is 105 Å². The number of carbonyl (C=O) groups is 3. The third-order valence-electron chi connectivity index (χ3n) is 4.66. The Morgan fingerprint density at radius 1 is 1.00 bits per heavy atom. The van der Waals surface area contributed by atoms with Crippen LogP contribution in [0.3, 0.4) is 0 Å². The molecule has 1 aliphatic carbocycles. The Hall–Kier alpha value is -2.62. The van der Waals surface area contributed by atoms with Crippen LogP contribution in [0, 0.1) is 0 Å². The van der Waals surface area contributed by atoms with Crippen LogP contribution in [0.15, 0.2) is 29.7 Å². The summed E-state index contributed by atoms with van der Waals surface area (Å²) in [5.41, 5.74) is 0.516. The van der Waals surface area contributed by atoms with E-state index in [1.165, 1.54) is 18.1 Å². The maximum Gasteiger partial charge on any atom is 0.241 e. The minimum atomic E-state index is -0.396. The first-order valence-electron chi connectivity index (χ1n) is 9.26. The van der Waals surface area contributed by atoms with Crippen LogP contribution in [0.25, 0.3) is 0 Å². The first kappa shape index (κ1) is 22.7. The van der Waals surface area contributed by atoms with Gasteiger partial charge in [-0.3, -0.25) is 24.3 Å². The number of ether oxygens (including phenoxy) is 2. The second-order valence-corrected chi connectivity index (χ2v) is 6.86. The average Bonchev–Trinajstić information content (AvgIpc) is 2.71. The summed E-state index contributed by atoms with van der Waals surface area (Å²) in [6.07, 6.45) is 1.47. The van der Waals surface area contributed by atoms with E-state index < -0.39 is 5.78 Å². The van der Waals surface area contributed by atoms with Crippen molar-refractivity contribution in [3.63, 3.8) is 0 Å². The fourth-order valence-electron chi connectivity index (χ4n) is 3.08. The highest BCUT2D eigenvalue weighted by Gasteiger charge is 2.38. The number of pyridine rings is 1. The third-order valence-corrected chi connectivity index (χ3v) is 4.66. The third kappa shape index (κ3) is 5.06. The molecule has 1 amide bonds. The quantitative estimate of drug-likeness (QED) is 0.549. The Morgan fingerprint density at radius 2 is 1.62 bits per heavy atom. The molecule has 0 aromatic carbocycles. The lowest BCUT2D eigenvalue weighted by molar-refractivity contribution is -0.129. The summed E-state index contributed by atoms with van der Waals surface area (Å²) in [6.45, 7) is 2.07. The van der Waals surface area contributed by atoms with Gasteiger partial charge >= 0.3 is 0 Å². The van der Waals surface area contributed by atoms with Gasteiger partial charge in [0.2, 0.25) is 17.5 Å². The van der Waals surface area contributed by atoms with Gasteiger partial charge in [0.1, 0.15) is 17.1 Å². The molecule has 29 heavy (non-hydrogen) atoms. The summed E-state index contributed by atoms with van der Waals surface area (Å²) in [6, 6.07) is 3.15.